The highest BCUT2D eigenvalue weighted by Crippen LogP contribution is 2.60. The van der Waals surface area contributed by atoms with Crippen molar-refractivity contribution < 1.29 is 0 Å². The van der Waals surface area contributed by atoms with Crippen LogP contribution in [0, 0.1) is 11.3 Å². The zero-order chi connectivity index (χ0) is 10.3. The van der Waals surface area contributed by atoms with Crippen LogP contribution in [0.4, 0.5) is 0 Å². The molecule has 0 spiro atoms. The minimum atomic E-state index is 0.731. The zero-order valence-corrected chi connectivity index (χ0v) is 11.2. The Balaban J connectivity index is 1.47. The van der Waals surface area contributed by atoms with E-state index in [9.17, 15) is 0 Å². The fourth-order valence-electron chi connectivity index (χ4n) is 2.47. The Morgan fingerprint density at radius 1 is 1.47 bits per heavy atom. The molecule has 3 rings (SSSR count). The number of nitrogens with one attached hydrogen (secondary N) is 1. The van der Waals surface area contributed by atoms with E-state index < -0.39 is 0 Å². The van der Waals surface area contributed by atoms with Crippen LogP contribution in [-0.2, 0) is 6.54 Å². The van der Waals surface area contributed by atoms with E-state index in [-0.39, 0.29) is 0 Å². The van der Waals surface area contributed by atoms with Crippen LogP contribution in [0.5, 0.6) is 0 Å². The van der Waals surface area contributed by atoms with Gasteiger partial charge >= 0.3 is 0 Å². The van der Waals surface area contributed by atoms with E-state index in [0.717, 1.165) is 17.9 Å². The van der Waals surface area contributed by atoms with E-state index in [2.05, 4.69) is 32.7 Å². The summed E-state index contributed by atoms with van der Waals surface area (Å²) < 4.78 is 1.22. The number of halogens is 1. The van der Waals surface area contributed by atoms with Crippen LogP contribution < -0.4 is 5.32 Å². The van der Waals surface area contributed by atoms with Crippen LogP contribution in [0.15, 0.2) is 15.9 Å². The van der Waals surface area contributed by atoms with Gasteiger partial charge in [0, 0.05) is 27.8 Å². The monoisotopic (exact) mass is 285 g/mol. The molecule has 2 saturated carbocycles. The van der Waals surface area contributed by atoms with Crippen LogP contribution in [0.1, 0.15) is 30.6 Å². The Bertz CT molecular complexity index is 352. The summed E-state index contributed by atoms with van der Waals surface area (Å²) in [5.41, 5.74) is 0.731. The summed E-state index contributed by atoms with van der Waals surface area (Å²) in [5, 5.41) is 5.79. The average molecular weight is 286 g/mol. The molecule has 0 saturated heterocycles. The maximum absolute atomic E-state index is 3.63. The first kappa shape index (κ1) is 10.3. The number of hydrogen-bond donors (Lipinski definition) is 1. The normalized spacial score (nSPS) is 23.0. The van der Waals surface area contributed by atoms with Crippen molar-refractivity contribution >= 4 is 27.3 Å². The molecule has 2 aliphatic rings. The highest BCUT2D eigenvalue weighted by atomic mass is 79.9. The van der Waals surface area contributed by atoms with Gasteiger partial charge in [0.25, 0.3) is 0 Å². The van der Waals surface area contributed by atoms with Crippen LogP contribution >= 0.6 is 27.3 Å². The van der Waals surface area contributed by atoms with Crippen molar-refractivity contribution in [3.05, 3.63) is 20.8 Å². The van der Waals surface area contributed by atoms with E-state index in [4.69, 9.17) is 0 Å². The SMILES string of the molecule is Brc1csc(CNCC2(C3CC3)CC2)c1. The third-order valence-electron chi connectivity index (χ3n) is 3.73. The second kappa shape index (κ2) is 3.86. The fourth-order valence-corrected chi connectivity index (χ4v) is 3.89. The van der Waals surface area contributed by atoms with Gasteiger partial charge in [0.2, 0.25) is 0 Å². The molecule has 1 aromatic rings. The summed E-state index contributed by atoms with van der Waals surface area (Å²) in [7, 11) is 0. The van der Waals surface area contributed by atoms with Crippen LogP contribution in [-0.4, -0.2) is 6.54 Å². The Kier molecular flexibility index (Phi) is 2.65. The number of thiophene rings is 1. The van der Waals surface area contributed by atoms with Crippen molar-refractivity contribution in [2.24, 2.45) is 11.3 Å². The zero-order valence-electron chi connectivity index (χ0n) is 8.76. The molecule has 0 amide bonds. The van der Waals surface area contributed by atoms with Gasteiger partial charge in [-0.25, -0.2) is 0 Å². The van der Waals surface area contributed by atoms with Crippen LogP contribution in [0.25, 0.3) is 0 Å². The van der Waals surface area contributed by atoms with E-state index in [1.54, 1.807) is 0 Å². The molecule has 0 atom stereocenters. The molecule has 1 nitrogen and oxygen atoms in total. The molecule has 0 bridgehead atoms. The molecule has 2 aliphatic carbocycles. The van der Waals surface area contributed by atoms with Crippen molar-refractivity contribution in [1.29, 1.82) is 0 Å². The van der Waals surface area contributed by atoms with Crippen LogP contribution in [0.3, 0.4) is 0 Å². The predicted molar refractivity (Wildman–Crippen MR) is 68.1 cm³/mol. The van der Waals surface area contributed by atoms with Gasteiger partial charge in [-0.15, -0.1) is 11.3 Å². The maximum atomic E-state index is 3.63. The van der Waals surface area contributed by atoms with Crippen molar-refractivity contribution in [2.75, 3.05) is 6.54 Å². The number of rotatable bonds is 5. The molecular weight excluding hydrogens is 270 g/mol. The van der Waals surface area contributed by atoms with Gasteiger partial charge in [-0.3, -0.25) is 0 Å². The molecule has 3 heteroatoms. The van der Waals surface area contributed by atoms with E-state index in [0.29, 0.717) is 0 Å². The molecule has 1 heterocycles. The maximum Gasteiger partial charge on any atom is 0.0300 e. The second-order valence-corrected chi connectivity index (χ2v) is 6.88. The highest BCUT2D eigenvalue weighted by Gasteiger charge is 2.53. The molecule has 0 aliphatic heterocycles. The van der Waals surface area contributed by atoms with Crippen molar-refractivity contribution in [3.8, 4) is 0 Å². The fraction of sp³-hybridized carbons (Fsp3) is 0.667. The molecule has 2 fully saturated rings. The lowest BCUT2D eigenvalue weighted by Gasteiger charge is -2.14. The molecule has 0 aromatic carbocycles. The molecule has 0 unspecified atom stereocenters. The third-order valence-corrected chi connectivity index (χ3v) is 5.43. The van der Waals surface area contributed by atoms with E-state index in [1.807, 2.05) is 11.3 Å². The van der Waals surface area contributed by atoms with Gasteiger partial charge in [0.05, 0.1) is 0 Å². The van der Waals surface area contributed by atoms with Crippen molar-refractivity contribution in [3.63, 3.8) is 0 Å². The summed E-state index contributed by atoms with van der Waals surface area (Å²) in [6, 6.07) is 2.22. The van der Waals surface area contributed by atoms with E-state index in [1.165, 1.54) is 41.6 Å². The quantitative estimate of drug-likeness (QED) is 0.868. The Labute approximate surface area is 103 Å². The Hall–Kier alpha value is 0.140. The van der Waals surface area contributed by atoms with Gasteiger partial charge in [-0.2, -0.15) is 0 Å². The highest BCUT2D eigenvalue weighted by molar-refractivity contribution is 9.10. The average Bonchev–Trinajstić information content (AvgIpc) is 3.08. The summed E-state index contributed by atoms with van der Waals surface area (Å²) in [6.07, 6.45) is 5.93. The largest absolute Gasteiger partial charge is 0.311 e. The van der Waals surface area contributed by atoms with Gasteiger partial charge in [-0.1, -0.05) is 0 Å². The molecular formula is C12H16BrNS. The lowest BCUT2D eigenvalue weighted by atomic mass is 10.0. The predicted octanol–water partition coefficient (Wildman–Crippen LogP) is 3.79. The first-order valence-corrected chi connectivity index (χ1v) is 7.39. The topological polar surface area (TPSA) is 12.0 Å². The smallest absolute Gasteiger partial charge is 0.0300 e. The molecule has 1 N–H and O–H groups in total. The van der Waals surface area contributed by atoms with Crippen LogP contribution in [0.2, 0.25) is 0 Å². The van der Waals surface area contributed by atoms with Crippen molar-refractivity contribution in [2.45, 2.75) is 32.2 Å². The lowest BCUT2D eigenvalue weighted by molar-refractivity contribution is 0.404. The summed E-state index contributed by atoms with van der Waals surface area (Å²) >= 11 is 5.33. The Morgan fingerprint density at radius 2 is 2.27 bits per heavy atom. The molecule has 82 valence electrons. The molecule has 0 radical (unpaired) electrons. The Morgan fingerprint density at radius 3 is 2.80 bits per heavy atom. The lowest BCUT2D eigenvalue weighted by Crippen LogP contribution is -2.24. The summed E-state index contributed by atoms with van der Waals surface area (Å²) in [6.45, 7) is 2.29. The summed E-state index contributed by atoms with van der Waals surface area (Å²) in [5.74, 6) is 1.07. The van der Waals surface area contributed by atoms with Gasteiger partial charge in [0.1, 0.15) is 0 Å². The van der Waals surface area contributed by atoms with Crippen molar-refractivity contribution in [1.82, 2.24) is 5.32 Å². The third kappa shape index (κ3) is 2.29. The standard InChI is InChI=1S/C12H16BrNS/c13-10-5-11(15-7-10)6-14-8-12(3-4-12)9-1-2-9/h5,7,9,14H,1-4,6,8H2. The van der Waals surface area contributed by atoms with Gasteiger partial charge in [0.15, 0.2) is 0 Å². The van der Waals surface area contributed by atoms with Gasteiger partial charge in [-0.05, 0) is 59.0 Å². The number of hydrogen-bond acceptors (Lipinski definition) is 2. The van der Waals surface area contributed by atoms with E-state index >= 15 is 0 Å². The minimum absolute atomic E-state index is 0.731. The second-order valence-electron chi connectivity index (χ2n) is 4.97. The first-order valence-electron chi connectivity index (χ1n) is 5.72. The first-order chi connectivity index (χ1) is 7.28. The minimum Gasteiger partial charge on any atom is -0.311 e. The summed E-state index contributed by atoms with van der Waals surface area (Å²) in [4.78, 5) is 1.44. The molecule has 1 aromatic heterocycles. The van der Waals surface area contributed by atoms with Gasteiger partial charge < -0.3 is 5.32 Å². The molecule has 15 heavy (non-hydrogen) atoms.